The maximum absolute atomic E-state index is 12.5. The molecule has 0 aromatic carbocycles. The number of hydrogen-bond acceptors (Lipinski definition) is 4. The average Bonchev–Trinajstić information content (AvgIpc) is 2.81. The highest BCUT2D eigenvalue weighted by Crippen LogP contribution is 2.19. The zero-order chi connectivity index (χ0) is 13.3. The van der Waals surface area contributed by atoms with E-state index in [1.807, 2.05) is 20.8 Å². The van der Waals surface area contributed by atoms with E-state index in [0.29, 0.717) is 13.1 Å². The Morgan fingerprint density at radius 2 is 2.16 bits per heavy atom. The fraction of sp³-hybridized carbons (Fsp3) is 0.727. The summed E-state index contributed by atoms with van der Waals surface area (Å²) in [6.45, 7) is 7.73. The average molecular weight is 309 g/mol. The van der Waals surface area contributed by atoms with Gasteiger partial charge >= 0.3 is 0 Å². The largest absolute Gasteiger partial charge is 0.336 e. The molecule has 0 radical (unpaired) electrons. The van der Waals surface area contributed by atoms with Crippen LogP contribution in [0.2, 0.25) is 0 Å². The maximum atomic E-state index is 12.5. The van der Waals surface area contributed by atoms with Gasteiger partial charge in [0.15, 0.2) is 5.03 Å². The molecule has 19 heavy (non-hydrogen) atoms. The lowest BCUT2D eigenvalue weighted by molar-refractivity contribution is 0.244. The number of nitrogens with zero attached hydrogens (tertiary/aromatic N) is 3. The minimum atomic E-state index is -3.47. The van der Waals surface area contributed by atoms with Crippen molar-refractivity contribution in [2.24, 2.45) is 0 Å². The van der Waals surface area contributed by atoms with Gasteiger partial charge in [-0.3, -0.25) is 0 Å². The number of imidazole rings is 1. The first kappa shape index (κ1) is 16.4. The second-order valence-corrected chi connectivity index (χ2v) is 6.61. The van der Waals surface area contributed by atoms with Gasteiger partial charge in [-0.2, -0.15) is 4.31 Å². The SMILES string of the molecule is CCn1cnc(S(=O)(=O)N2CC(C)NCC2C)c1.Cl. The van der Waals surface area contributed by atoms with Gasteiger partial charge in [-0.25, -0.2) is 13.4 Å². The minimum Gasteiger partial charge on any atom is -0.336 e. The van der Waals surface area contributed by atoms with Crippen LogP contribution >= 0.6 is 12.4 Å². The van der Waals surface area contributed by atoms with Crippen molar-refractivity contribution in [2.75, 3.05) is 13.1 Å². The lowest BCUT2D eigenvalue weighted by Gasteiger charge is -2.35. The van der Waals surface area contributed by atoms with Crippen molar-refractivity contribution in [1.82, 2.24) is 19.2 Å². The van der Waals surface area contributed by atoms with Crippen LogP contribution in [0.3, 0.4) is 0 Å². The minimum absolute atomic E-state index is 0. The molecule has 1 aliphatic rings. The van der Waals surface area contributed by atoms with E-state index in [-0.39, 0.29) is 29.5 Å². The van der Waals surface area contributed by atoms with E-state index in [1.54, 1.807) is 17.1 Å². The van der Waals surface area contributed by atoms with Crippen LogP contribution in [-0.4, -0.2) is 47.4 Å². The molecule has 2 unspecified atom stereocenters. The Balaban J connectivity index is 0.00000180. The molecule has 1 fully saturated rings. The first-order valence-corrected chi connectivity index (χ1v) is 7.66. The number of piperazine rings is 1. The normalized spacial score (nSPS) is 25.0. The third kappa shape index (κ3) is 3.28. The van der Waals surface area contributed by atoms with Crippen LogP contribution in [-0.2, 0) is 16.6 Å². The van der Waals surface area contributed by atoms with Crippen LogP contribution in [0.25, 0.3) is 0 Å². The Hall–Kier alpha value is -0.630. The van der Waals surface area contributed by atoms with Gasteiger partial charge in [-0.1, -0.05) is 0 Å². The van der Waals surface area contributed by atoms with Gasteiger partial charge in [0.2, 0.25) is 0 Å². The molecular formula is C11H21ClN4O2S. The summed E-state index contributed by atoms with van der Waals surface area (Å²) in [5.41, 5.74) is 0. The summed E-state index contributed by atoms with van der Waals surface area (Å²) >= 11 is 0. The number of rotatable bonds is 3. The molecule has 1 saturated heterocycles. The molecule has 0 bridgehead atoms. The van der Waals surface area contributed by atoms with E-state index in [0.717, 1.165) is 6.54 Å². The molecule has 0 aliphatic carbocycles. The lowest BCUT2D eigenvalue weighted by atomic mass is 10.2. The summed E-state index contributed by atoms with van der Waals surface area (Å²) in [5.74, 6) is 0. The highest BCUT2D eigenvalue weighted by atomic mass is 35.5. The van der Waals surface area contributed by atoms with Crippen LogP contribution in [0.15, 0.2) is 17.6 Å². The van der Waals surface area contributed by atoms with E-state index in [4.69, 9.17) is 0 Å². The Labute approximate surface area is 120 Å². The van der Waals surface area contributed by atoms with Crippen molar-refractivity contribution in [3.05, 3.63) is 12.5 Å². The maximum Gasteiger partial charge on any atom is 0.262 e. The molecule has 2 heterocycles. The van der Waals surface area contributed by atoms with Crippen molar-refractivity contribution in [3.63, 3.8) is 0 Å². The number of sulfonamides is 1. The van der Waals surface area contributed by atoms with Gasteiger partial charge in [-0.05, 0) is 20.8 Å². The molecule has 1 aliphatic heterocycles. The van der Waals surface area contributed by atoms with Gasteiger partial charge in [0.1, 0.15) is 0 Å². The van der Waals surface area contributed by atoms with Crippen molar-refractivity contribution >= 4 is 22.4 Å². The van der Waals surface area contributed by atoms with Crippen molar-refractivity contribution in [3.8, 4) is 0 Å². The monoisotopic (exact) mass is 308 g/mol. The highest BCUT2D eigenvalue weighted by Gasteiger charge is 2.34. The first-order valence-electron chi connectivity index (χ1n) is 6.22. The number of halogens is 1. The Bertz CT molecular complexity index is 517. The summed E-state index contributed by atoms with van der Waals surface area (Å²) in [6.07, 6.45) is 3.15. The van der Waals surface area contributed by atoms with Gasteiger partial charge in [0.25, 0.3) is 10.0 Å². The zero-order valence-corrected chi connectivity index (χ0v) is 13.0. The standard InChI is InChI=1S/C11H20N4O2S.ClH/c1-4-14-7-11(13-8-14)18(16,17)15-6-9(2)12-5-10(15)3;/h7-10,12H,4-6H2,1-3H3;1H. The second-order valence-electron chi connectivity index (χ2n) is 4.78. The second kappa shape index (κ2) is 6.21. The molecule has 1 aromatic rings. The highest BCUT2D eigenvalue weighted by molar-refractivity contribution is 7.89. The molecule has 0 saturated carbocycles. The van der Waals surface area contributed by atoms with Gasteiger partial charge in [-0.15, -0.1) is 12.4 Å². The number of aryl methyl sites for hydroxylation is 1. The summed E-state index contributed by atoms with van der Waals surface area (Å²) in [6, 6.07) is 0.127. The molecule has 1 aromatic heterocycles. The van der Waals surface area contributed by atoms with E-state index in [1.165, 1.54) is 4.31 Å². The third-order valence-electron chi connectivity index (χ3n) is 3.25. The Morgan fingerprint density at radius 3 is 2.74 bits per heavy atom. The van der Waals surface area contributed by atoms with Crippen LogP contribution < -0.4 is 5.32 Å². The molecule has 2 rings (SSSR count). The smallest absolute Gasteiger partial charge is 0.262 e. The van der Waals surface area contributed by atoms with Gasteiger partial charge in [0.05, 0.1) is 6.33 Å². The van der Waals surface area contributed by atoms with Crippen LogP contribution in [0.5, 0.6) is 0 Å². The van der Waals surface area contributed by atoms with Crippen molar-refractivity contribution in [1.29, 1.82) is 0 Å². The summed E-state index contributed by atoms with van der Waals surface area (Å²) in [5, 5.41) is 3.41. The topological polar surface area (TPSA) is 67.2 Å². The molecule has 1 N–H and O–H groups in total. The van der Waals surface area contributed by atoms with E-state index in [9.17, 15) is 8.42 Å². The molecule has 0 spiro atoms. The molecule has 110 valence electrons. The quantitative estimate of drug-likeness (QED) is 0.892. The van der Waals surface area contributed by atoms with Crippen molar-refractivity contribution in [2.45, 2.75) is 44.4 Å². The zero-order valence-electron chi connectivity index (χ0n) is 11.4. The van der Waals surface area contributed by atoms with Crippen molar-refractivity contribution < 1.29 is 8.42 Å². The summed E-state index contributed by atoms with van der Waals surface area (Å²) < 4.78 is 28.3. The molecule has 8 heteroatoms. The van der Waals surface area contributed by atoms with Gasteiger partial charge < -0.3 is 9.88 Å². The first-order chi connectivity index (χ1) is 8.45. The lowest BCUT2D eigenvalue weighted by Crippen LogP contribution is -2.56. The number of nitrogens with one attached hydrogen (secondary N) is 1. The third-order valence-corrected chi connectivity index (χ3v) is 5.12. The predicted octanol–water partition coefficient (Wildman–Crippen LogP) is 0.696. The summed E-state index contributed by atoms with van der Waals surface area (Å²) in [7, 11) is -3.47. The van der Waals surface area contributed by atoms with Crippen LogP contribution in [0.4, 0.5) is 0 Å². The van der Waals surface area contributed by atoms with Gasteiger partial charge in [0, 0.05) is 37.9 Å². The Morgan fingerprint density at radius 1 is 1.47 bits per heavy atom. The summed E-state index contributed by atoms with van der Waals surface area (Å²) in [4.78, 5) is 4.01. The van der Waals surface area contributed by atoms with E-state index in [2.05, 4.69) is 10.3 Å². The molecular weight excluding hydrogens is 288 g/mol. The van der Waals surface area contributed by atoms with E-state index < -0.39 is 10.0 Å². The fourth-order valence-electron chi connectivity index (χ4n) is 2.09. The number of aromatic nitrogens is 2. The number of hydrogen-bond donors (Lipinski definition) is 1. The molecule has 0 amide bonds. The Kier molecular flexibility index (Phi) is 5.37. The molecule has 2 atom stereocenters. The van der Waals surface area contributed by atoms with Crippen LogP contribution in [0, 0.1) is 0 Å². The predicted molar refractivity (Wildman–Crippen MR) is 76.0 cm³/mol. The van der Waals surface area contributed by atoms with E-state index >= 15 is 0 Å². The molecule has 6 nitrogen and oxygen atoms in total. The fourth-order valence-corrected chi connectivity index (χ4v) is 3.75. The van der Waals surface area contributed by atoms with Crippen LogP contribution in [0.1, 0.15) is 20.8 Å².